The lowest BCUT2D eigenvalue weighted by Crippen LogP contribution is -2.50. The van der Waals surface area contributed by atoms with Crippen molar-refractivity contribution in [1.29, 1.82) is 0 Å². The van der Waals surface area contributed by atoms with Crippen molar-refractivity contribution < 1.29 is 4.79 Å². The lowest BCUT2D eigenvalue weighted by atomic mass is 10.0. The molecule has 1 heterocycles. The molecule has 0 saturated heterocycles. The molecule has 0 aromatic heterocycles. The van der Waals surface area contributed by atoms with E-state index < -0.39 is 0 Å². The molecule has 21 heavy (non-hydrogen) atoms. The minimum Gasteiger partial charge on any atom is -0.362 e. The van der Waals surface area contributed by atoms with E-state index in [4.69, 9.17) is 12.2 Å². The van der Waals surface area contributed by atoms with Gasteiger partial charge in [0.15, 0.2) is 5.11 Å². The number of nitrogens with one attached hydrogen (secondary N) is 3. The van der Waals surface area contributed by atoms with E-state index in [0.717, 1.165) is 38.0 Å². The summed E-state index contributed by atoms with van der Waals surface area (Å²) in [5.41, 5.74) is 7.83. The molecule has 1 aliphatic heterocycles. The number of hydrazine groups is 1. The topological polar surface area (TPSA) is 56.4 Å². The minimum absolute atomic E-state index is 0.0904. The van der Waals surface area contributed by atoms with Crippen molar-refractivity contribution in [1.82, 2.24) is 16.2 Å². The fraction of sp³-hybridized carbons (Fsp3) is 0.467. The summed E-state index contributed by atoms with van der Waals surface area (Å²) >= 11 is 5.05. The molecule has 1 aliphatic rings. The first-order valence-corrected chi connectivity index (χ1v) is 7.77. The molecule has 3 N–H and O–H groups in total. The molecule has 5 nitrogen and oxygen atoms in total. The highest BCUT2D eigenvalue weighted by Gasteiger charge is 2.18. The minimum atomic E-state index is -0.0904. The molecule has 0 radical (unpaired) electrons. The summed E-state index contributed by atoms with van der Waals surface area (Å²) in [7, 11) is 0. The summed E-state index contributed by atoms with van der Waals surface area (Å²) in [6.07, 6.45) is 3.14. The third kappa shape index (κ3) is 4.60. The Labute approximate surface area is 131 Å². The number of aryl methyl sites for hydroxylation is 1. The van der Waals surface area contributed by atoms with Crippen LogP contribution in [0.4, 0.5) is 5.69 Å². The third-order valence-corrected chi connectivity index (χ3v) is 3.64. The van der Waals surface area contributed by atoms with Gasteiger partial charge in [0.25, 0.3) is 5.91 Å². The van der Waals surface area contributed by atoms with Gasteiger partial charge in [0.2, 0.25) is 0 Å². The standard InChI is InChI=1S/C15H22N4OS/c1-2-9-16-15(21)18-17-14(20)11-19-10-5-7-12-6-3-4-8-13(12)19/h3-4,6,8H,2,5,7,9-11H2,1H3,(H,17,20)(H2,16,18,21). The first kappa shape index (κ1) is 15.6. The second-order valence-corrected chi connectivity index (χ2v) is 5.49. The van der Waals surface area contributed by atoms with Crippen LogP contribution in [-0.2, 0) is 11.2 Å². The van der Waals surface area contributed by atoms with Gasteiger partial charge in [0.1, 0.15) is 0 Å². The summed E-state index contributed by atoms with van der Waals surface area (Å²) in [5, 5.41) is 3.45. The molecule has 0 bridgehead atoms. The second-order valence-electron chi connectivity index (χ2n) is 5.08. The lowest BCUT2D eigenvalue weighted by Gasteiger charge is -2.30. The molecule has 6 heteroatoms. The fourth-order valence-corrected chi connectivity index (χ4v) is 2.55. The average molecular weight is 306 g/mol. The molecular formula is C15H22N4OS. The number of fused-ring (bicyclic) bond motifs is 1. The van der Waals surface area contributed by atoms with Crippen LogP contribution in [0.5, 0.6) is 0 Å². The molecule has 1 aromatic carbocycles. The Kier molecular flexibility index (Phi) is 5.80. The van der Waals surface area contributed by atoms with Crippen LogP contribution in [0, 0.1) is 0 Å². The normalized spacial score (nSPS) is 13.3. The van der Waals surface area contributed by atoms with Crippen molar-refractivity contribution in [3.8, 4) is 0 Å². The number of hydrogen-bond acceptors (Lipinski definition) is 3. The van der Waals surface area contributed by atoms with Crippen LogP contribution in [0.25, 0.3) is 0 Å². The van der Waals surface area contributed by atoms with Gasteiger partial charge in [-0.1, -0.05) is 25.1 Å². The van der Waals surface area contributed by atoms with Gasteiger partial charge in [0, 0.05) is 18.8 Å². The predicted molar refractivity (Wildman–Crippen MR) is 89.1 cm³/mol. The zero-order chi connectivity index (χ0) is 15.1. The van der Waals surface area contributed by atoms with Gasteiger partial charge in [0.05, 0.1) is 6.54 Å². The predicted octanol–water partition coefficient (Wildman–Crippen LogP) is 1.34. The summed E-state index contributed by atoms with van der Waals surface area (Å²) in [6.45, 7) is 4.09. The van der Waals surface area contributed by atoms with Gasteiger partial charge in [-0.3, -0.25) is 15.6 Å². The highest BCUT2D eigenvalue weighted by molar-refractivity contribution is 7.80. The quantitative estimate of drug-likeness (QED) is 0.579. The number of anilines is 1. The molecule has 0 fully saturated rings. The summed E-state index contributed by atoms with van der Waals surface area (Å²) in [4.78, 5) is 14.1. The van der Waals surface area contributed by atoms with E-state index >= 15 is 0 Å². The van der Waals surface area contributed by atoms with Crippen molar-refractivity contribution >= 4 is 28.9 Å². The van der Waals surface area contributed by atoms with Crippen molar-refractivity contribution in [2.24, 2.45) is 0 Å². The molecule has 0 saturated carbocycles. The summed E-state index contributed by atoms with van der Waals surface area (Å²) in [6, 6.07) is 8.25. The number of para-hydroxylation sites is 1. The van der Waals surface area contributed by atoms with Crippen molar-refractivity contribution in [3.63, 3.8) is 0 Å². The van der Waals surface area contributed by atoms with E-state index in [2.05, 4.69) is 40.1 Å². The van der Waals surface area contributed by atoms with E-state index in [-0.39, 0.29) is 5.91 Å². The Bertz CT molecular complexity index is 506. The zero-order valence-corrected chi connectivity index (χ0v) is 13.1. The lowest BCUT2D eigenvalue weighted by molar-refractivity contribution is -0.120. The van der Waals surface area contributed by atoms with Crippen LogP contribution < -0.4 is 21.1 Å². The SMILES string of the molecule is CCCNC(=S)NNC(=O)CN1CCCc2ccccc21. The monoisotopic (exact) mass is 306 g/mol. The van der Waals surface area contributed by atoms with Crippen LogP contribution in [0.2, 0.25) is 0 Å². The highest BCUT2D eigenvalue weighted by atomic mass is 32.1. The van der Waals surface area contributed by atoms with Crippen molar-refractivity contribution in [2.75, 3.05) is 24.5 Å². The Morgan fingerprint density at radius 3 is 2.95 bits per heavy atom. The van der Waals surface area contributed by atoms with E-state index in [1.807, 2.05) is 12.1 Å². The molecule has 1 amide bonds. The molecular weight excluding hydrogens is 284 g/mol. The van der Waals surface area contributed by atoms with Gasteiger partial charge < -0.3 is 10.2 Å². The Balaban J connectivity index is 1.82. The first-order chi connectivity index (χ1) is 10.2. The summed E-state index contributed by atoms with van der Waals surface area (Å²) < 4.78 is 0. The van der Waals surface area contributed by atoms with Crippen LogP contribution in [0.3, 0.4) is 0 Å². The summed E-state index contributed by atoms with van der Waals surface area (Å²) in [5.74, 6) is -0.0904. The number of carbonyl (C=O) groups is 1. The third-order valence-electron chi connectivity index (χ3n) is 3.39. The molecule has 0 unspecified atom stereocenters. The number of amides is 1. The molecule has 2 rings (SSSR count). The van der Waals surface area contributed by atoms with Gasteiger partial charge in [-0.05, 0) is 43.1 Å². The molecule has 0 atom stereocenters. The number of carbonyl (C=O) groups excluding carboxylic acids is 1. The van der Waals surface area contributed by atoms with E-state index in [1.165, 1.54) is 5.56 Å². The number of thiocarbonyl (C=S) groups is 1. The molecule has 1 aromatic rings. The number of hydrogen-bond donors (Lipinski definition) is 3. The van der Waals surface area contributed by atoms with Crippen molar-refractivity contribution in [2.45, 2.75) is 26.2 Å². The number of nitrogens with zero attached hydrogens (tertiary/aromatic N) is 1. The van der Waals surface area contributed by atoms with Gasteiger partial charge in [-0.25, -0.2) is 0 Å². The fourth-order valence-electron chi connectivity index (χ4n) is 2.40. The van der Waals surface area contributed by atoms with Crippen LogP contribution in [0.1, 0.15) is 25.3 Å². The maximum Gasteiger partial charge on any atom is 0.257 e. The van der Waals surface area contributed by atoms with E-state index in [0.29, 0.717) is 11.7 Å². The van der Waals surface area contributed by atoms with E-state index in [1.54, 1.807) is 0 Å². The largest absolute Gasteiger partial charge is 0.362 e. The first-order valence-electron chi connectivity index (χ1n) is 7.36. The highest BCUT2D eigenvalue weighted by Crippen LogP contribution is 2.25. The number of benzene rings is 1. The van der Waals surface area contributed by atoms with Crippen LogP contribution in [0.15, 0.2) is 24.3 Å². The van der Waals surface area contributed by atoms with Crippen LogP contribution in [-0.4, -0.2) is 30.7 Å². The molecule has 114 valence electrons. The maximum absolute atomic E-state index is 12.0. The van der Waals surface area contributed by atoms with Gasteiger partial charge >= 0.3 is 0 Å². The maximum atomic E-state index is 12.0. The zero-order valence-electron chi connectivity index (χ0n) is 12.3. The second kappa shape index (κ2) is 7.83. The van der Waals surface area contributed by atoms with Crippen LogP contribution >= 0.6 is 12.2 Å². The Morgan fingerprint density at radius 2 is 2.14 bits per heavy atom. The van der Waals surface area contributed by atoms with Crippen molar-refractivity contribution in [3.05, 3.63) is 29.8 Å². The number of rotatable bonds is 4. The van der Waals surface area contributed by atoms with Gasteiger partial charge in [-0.2, -0.15) is 0 Å². The van der Waals surface area contributed by atoms with E-state index in [9.17, 15) is 4.79 Å². The molecule has 0 spiro atoms. The Morgan fingerprint density at radius 1 is 1.33 bits per heavy atom. The average Bonchev–Trinajstić information content (AvgIpc) is 2.51. The smallest absolute Gasteiger partial charge is 0.257 e. The molecule has 0 aliphatic carbocycles. The van der Waals surface area contributed by atoms with Gasteiger partial charge in [-0.15, -0.1) is 0 Å². The Hall–Kier alpha value is -1.82.